The molecule has 1 aliphatic carbocycles. The molecule has 1 rings (SSSR count). The van der Waals surface area contributed by atoms with E-state index in [9.17, 15) is 4.79 Å². The molecule has 0 aromatic rings. The lowest BCUT2D eigenvalue weighted by atomic mass is 10.1. The predicted octanol–water partition coefficient (Wildman–Crippen LogP) is 1.70. The molecule has 3 heteroatoms. The monoisotopic (exact) mass is 199 g/mol. The van der Waals surface area contributed by atoms with Gasteiger partial charge in [0.25, 0.3) is 0 Å². The third-order valence-corrected chi connectivity index (χ3v) is 2.59. The van der Waals surface area contributed by atoms with Gasteiger partial charge in [0.1, 0.15) is 0 Å². The van der Waals surface area contributed by atoms with Crippen LogP contribution in [0.1, 0.15) is 39.5 Å². The zero-order valence-corrected chi connectivity index (χ0v) is 9.16. The highest BCUT2D eigenvalue weighted by atomic mass is 16.5. The van der Waals surface area contributed by atoms with E-state index in [4.69, 9.17) is 10.5 Å². The minimum atomic E-state index is -0.134. The average Bonchev–Trinajstić information content (AvgIpc) is 2.84. The largest absolute Gasteiger partial charge is 0.466 e. The Morgan fingerprint density at radius 2 is 2.14 bits per heavy atom. The smallest absolute Gasteiger partial charge is 0.307 e. The zero-order chi connectivity index (χ0) is 10.6. The van der Waals surface area contributed by atoms with Gasteiger partial charge in [0.2, 0.25) is 0 Å². The van der Waals surface area contributed by atoms with Crippen molar-refractivity contribution in [3.05, 3.63) is 0 Å². The molecule has 0 amide bonds. The van der Waals surface area contributed by atoms with E-state index >= 15 is 0 Å². The molecule has 1 aliphatic rings. The fraction of sp³-hybridized carbons (Fsp3) is 0.909. The molecule has 1 atom stereocenters. The summed E-state index contributed by atoms with van der Waals surface area (Å²) in [5, 5.41) is 0. The molecule has 1 fully saturated rings. The Bertz CT molecular complexity index is 188. The van der Waals surface area contributed by atoms with E-state index in [0.717, 1.165) is 6.42 Å². The van der Waals surface area contributed by atoms with Crippen molar-refractivity contribution in [2.24, 2.45) is 17.6 Å². The van der Waals surface area contributed by atoms with Crippen LogP contribution in [0.5, 0.6) is 0 Å². The van der Waals surface area contributed by atoms with Crippen LogP contribution in [0.15, 0.2) is 0 Å². The van der Waals surface area contributed by atoms with Crippen LogP contribution in [0.25, 0.3) is 0 Å². The van der Waals surface area contributed by atoms with Crippen LogP contribution in [0.3, 0.4) is 0 Å². The summed E-state index contributed by atoms with van der Waals surface area (Å²) in [6.07, 6.45) is 3.69. The summed E-state index contributed by atoms with van der Waals surface area (Å²) in [5.41, 5.74) is 5.81. The first kappa shape index (κ1) is 11.5. The quantitative estimate of drug-likeness (QED) is 0.662. The Morgan fingerprint density at radius 1 is 1.50 bits per heavy atom. The molecule has 0 bridgehead atoms. The molecule has 0 aromatic heterocycles. The van der Waals surface area contributed by atoms with Crippen molar-refractivity contribution in [1.82, 2.24) is 0 Å². The second kappa shape index (κ2) is 5.35. The second-order valence-electron chi connectivity index (χ2n) is 4.61. The minimum Gasteiger partial charge on any atom is -0.466 e. The molecule has 3 nitrogen and oxygen atoms in total. The zero-order valence-electron chi connectivity index (χ0n) is 9.16. The first-order chi connectivity index (χ1) is 6.59. The fourth-order valence-corrected chi connectivity index (χ4v) is 1.35. The average molecular weight is 199 g/mol. The van der Waals surface area contributed by atoms with Gasteiger partial charge in [0.05, 0.1) is 13.0 Å². The Balaban J connectivity index is 2.03. The van der Waals surface area contributed by atoms with Crippen molar-refractivity contribution < 1.29 is 9.53 Å². The number of carbonyl (C=O) groups excluding carboxylic acids is 1. The maximum atomic E-state index is 11.3. The molecule has 82 valence electrons. The predicted molar refractivity (Wildman–Crippen MR) is 55.7 cm³/mol. The Hall–Kier alpha value is -0.570. The van der Waals surface area contributed by atoms with Crippen molar-refractivity contribution in [1.29, 1.82) is 0 Å². The van der Waals surface area contributed by atoms with Gasteiger partial charge < -0.3 is 10.5 Å². The maximum Gasteiger partial charge on any atom is 0.307 e. The van der Waals surface area contributed by atoms with Gasteiger partial charge in [-0.15, -0.1) is 0 Å². The summed E-state index contributed by atoms with van der Waals surface area (Å²) in [4.78, 5) is 11.3. The SMILES string of the molecule is CC(C)CCOC(=O)CC(N)C1CC1. The van der Waals surface area contributed by atoms with Gasteiger partial charge in [-0.05, 0) is 31.1 Å². The van der Waals surface area contributed by atoms with Gasteiger partial charge in [0, 0.05) is 6.04 Å². The third kappa shape index (κ3) is 4.61. The van der Waals surface area contributed by atoms with E-state index in [-0.39, 0.29) is 12.0 Å². The van der Waals surface area contributed by atoms with Gasteiger partial charge in [-0.2, -0.15) is 0 Å². The van der Waals surface area contributed by atoms with Crippen LogP contribution in [0, 0.1) is 11.8 Å². The minimum absolute atomic E-state index is 0.0292. The molecule has 2 N–H and O–H groups in total. The van der Waals surface area contributed by atoms with E-state index in [1.54, 1.807) is 0 Å². The topological polar surface area (TPSA) is 52.3 Å². The highest BCUT2D eigenvalue weighted by Gasteiger charge is 2.30. The highest BCUT2D eigenvalue weighted by Crippen LogP contribution is 2.32. The van der Waals surface area contributed by atoms with Crippen LogP contribution in [0.2, 0.25) is 0 Å². The summed E-state index contributed by atoms with van der Waals surface area (Å²) in [6.45, 7) is 4.77. The van der Waals surface area contributed by atoms with Gasteiger partial charge >= 0.3 is 5.97 Å². The van der Waals surface area contributed by atoms with Gasteiger partial charge in [-0.3, -0.25) is 4.79 Å². The summed E-state index contributed by atoms with van der Waals surface area (Å²) >= 11 is 0. The number of carbonyl (C=O) groups is 1. The summed E-state index contributed by atoms with van der Waals surface area (Å²) < 4.78 is 5.08. The lowest BCUT2D eigenvalue weighted by molar-refractivity contribution is -0.144. The summed E-state index contributed by atoms with van der Waals surface area (Å²) in [6, 6.07) is 0.0292. The second-order valence-corrected chi connectivity index (χ2v) is 4.61. The first-order valence-electron chi connectivity index (χ1n) is 5.50. The molecule has 1 unspecified atom stereocenters. The summed E-state index contributed by atoms with van der Waals surface area (Å²) in [5.74, 6) is 1.03. The van der Waals surface area contributed by atoms with Crippen molar-refractivity contribution in [3.63, 3.8) is 0 Å². The molecular weight excluding hydrogens is 178 g/mol. The standard InChI is InChI=1S/C11H21NO2/c1-8(2)5-6-14-11(13)7-10(12)9-3-4-9/h8-10H,3-7,12H2,1-2H3. The Labute approximate surface area is 86.0 Å². The molecule has 14 heavy (non-hydrogen) atoms. The number of rotatable bonds is 6. The summed E-state index contributed by atoms with van der Waals surface area (Å²) in [7, 11) is 0. The molecule has 0 aliphatic heterocycles. The molecule has 0 saturated heterocycles. The van der Waals surface area contributed by atoms with E-state index in [1.165, 1.54) is 12.8 Å². The lowest BCUT2D eigenvalue weighted by Gasteiger charge is -2.10. The van der Waals surface area contributed by atoms with Gasteiger partial charge in [-0.25, -0.2) is 0 Å². The molecule has 1 saturated carbocycles. The van der Waals surface area contributed by atoms with E-state index in [2.05, 4.69) is 13.8 Å². The Kier molecular flexibility index (Phi) is 4.39. The first-order valence-corrected chi connectivity index (χ1v) is 5.50. The van der Waals surface area contributed by atoms with Crippen LogP contribution >= 0.6 is 0 Å². The Morgan fingerprint density at radius 3 is 2.64 bits per heavy atom. The van der Waals surface area contributed by atoms with Crippen LogP contribution < -0.4 is 5.73 Å². The van der Waals surface area contributed by atoms with E-state index < -0.39 is 0 Å². The molecule has 0 aromatic carbocycles. The van der Waals surface area contributed by atoms with Crippen LogP contribution in [-0.4, -0.2) is 18.6 Å². The third-order valence-electron chi connectivity index (χ3n) is 2.59. The number of nitrogens with two attached hydrogens (primary N) is 1. The number of hydrogen-bond acceptors (Lipinski definition) is 3. The lowest BCUT2D eigenvalue weighted by Crippen LogP contribution is -2.27. The molecular formula is C11H21NO2. The highest BCUT2D eigenvalue weighted by molar-refractivity contribution is 5.70. The van der Waals surface area contributed by atoms with Gasteiger partial charge in [-0.1, -0.05) is 13.8 Å². The number of hydrogen-bond donors (Lipinski definition) is 1. The fourth-order valence-electron chi connectivity index (χ4n) is 1.35. The van der Waals surface area contributed by atoms with Crippen LogP contribution in [0.4, 0.5) is 0 Å². The van der Waals surface area contributed by atoms with Crippen molar-refractivity contribution in [2.75, 3.05) is 6.61 Å². The van der Waals surface area contributed by atoms with Crippen molar-refractivity contribution >= 4 is 5.97 Å². The maximum absolute atomic E-state index is 11.3. The van der Waals surface area contributed by atoms with Crippen molar-refractivity contribution in [2.45, 2.75) is 45.6 Å². The molecule has 0 radical (unpaired) electrons. The molecule has 0 heterocycles. The molecule has 0 spiro atoms. The van der Waals surface area contributed by atoms with Crippen LogP contribution in [-0.2, 0) is 9.53 Å². The normalized spacial score (nSPS) is 18.3. The van der Waals surface area contributed by atoms with Crippen molar-refractivity contribution in [3.8, 4) is 0 Å². The number of esters is 1. The van der Waals surface area contributed by atoms with E-state index in [0.29, 0.717) is 24.9 Å². The van der Waals surface area contributed by atoms with E-state index in [1.807, 2.05) is 0 Å². The number of ether oxygens (including phenoxy) is 1. The van der Waals surface area contributed by atoms with Gasteiger partial charge in [0.15, 0.2) is 0 Å².